The third-order valence-electron chi connectivity index (χ3n) is 4.60. The summed E-state index contributed by atoms with van der Waals surface area (Å²) in [6, 6.07) is 23.1. The molecule has 3 nitrogen and oxygen atoms in total. The Kier molecular flexibility index (Phi) is 5.87. The molecule has 3 aromatic rings. The monoisotopic (exact) mass is 363 g/mol. The fourth-order valence-corrected chi connectivity index (χ4v) is 2.77. The quantitative estimate of drug-likeness (QED) is 0.599. The first-order chi connectivity index (χ1) is 13.0. The molecule has 27 heavy (non-hydrogen) atoms. The third kappa shape index (κ3) is 4.73. The van der Waals surface area contributed by atoms with Crippen LogP contribution in [0.4, 0.5) is 4.39 Å². The average Bonchev–Trinajstić information content (AvgIpc) is 2.72. The zero-order chi connectivity index (χ0) is 19.2. The van der Waals surface area contributed by atoms with Gasteiger partial charge in [-0.2, -0.15) is 0 Å². The number of carbonyl (C=O) groups excluding carboxylic acids is 1. The summed E-state index contributed by atoms with van der Waals surface area (Å²) in [5, 5.41) is 0. The molecule has 0 spiro atoms. The molecule has 138 valence electrons. The third-order valence-corrected chi connectivity index (χ3v) is 4.60. The van der Waals surface area contributed by atoms with Gasteiger partial charge in [0.15, 0.2) is 0 Å². The molecular formula is C23H22FNO2. The van der Waals surface area contributed by atoms with Gasteiger partial charge in [0.25, 0.3) is 5.91 Å². The summed E-state index contributed by atoms with van der Waals surface area (Å²) in [6.07, 6.45) is 0. The molecule has 0 aliphatic carbocycles. The number of nitrogens with zero attached hydrogens (tertiary/aromatic N) is 1. The molecule has 4 heteroatoms. The zero-order valence-electron chi connectivity index (χ0n) is 15.4. The number of hydrogen-bond acceptors (Lipinski definition) is 2. The van der Waals surface area contributed by atoms with E-state index in [2.05, 4.69) is 0 Å². The van der Waals surface area contributed by atoms with Gasteiger partial charge in [-0.25, -0.2) is 4.39 Å². The van der Waals surface area contributed by atoms with Crippen LogP contribution in [0, 0.1) is 5.82 Å². The largest absolute Gasteiger partial charge is 0.489 e. The second-order valence-corrected chi connectivity index (χ2v) is 6.44. The van der Waals surface area contributed by atoms with Crippen molar-refractivity contribution in [1.82, 2.24) is 4.90 Å². The number of carbonyl (C=O) groups is 1. The molecule has 0 aliphatic heterocycles. The fraction of sp³-hybridized carbons (Fsp3) is 0.174. The van der Waals surface area contributed by atoms with Gasteiger partial charge in [0.1, 0.15) is 18.2 Å². The van der Waals surface area contributed by atoms with Crippen LogP contribution in [0.15, 0.2) is 78.9 Å². The first kappa shape index (κ1) is 18.6. The molecule has 1 amide bonds. The Morgan fingerprint density at radius 3 is 2.22 bits per heavy atom. The summed E-state index contributed by atoms with van der Waals surface area (Å²) in [7, 11) is 1.75. The van der Waals surface area contributed by atoms with Crippen molar-refractivity contribution in [2.24, 2.45) is 0 Å². The fourth-order valence-electron chi connectivity index (χ4n) is 2.77. The number of rotatable bonds is 6. The number of benzene rings is 3. The second-order valence-electron chi connectivity index (χ2n) is 6.44. The summed E-state index contributed by atoms with van der Waals surface area (Å²) in [5.41, 5.74) is 2.49. The highest BCUT2D eigenvalue weighted by atomic mass is 19.1. The SMILES string of the molecule is CC(c1ccc(F)cc1)N(C)C(=O)c1ccc(COc2ccccc2)cc1. The first-order valence-electron chi connectivity index (χ1n) is 8.84. The minimum absolute atomic E-state index is 0.0812. The van der Waals surface area contributed by atoms with E-state index in [1.54, 1.807) is 36.2 Å². The van der Waals surface area contributed by atoms with Gasteiger partial charge in [-0.3, -0.25) is 4.79 Å². The zero-order valence-corrected chi connectivity index (χ0v) is 15.4. The van der Waals surface area contributed by atoms with E-state index in [4.69, 9.17) is 4.74 Å². The summed E-state index contributed by atoms with van der Waals surface area (Å²) in [4.78, 5) is 14.4. The summed E-state index contributed by atoms with van der Waals surface area (Å²) in [6.45, 7) is 2.37. The maximum absolute atomic E-state index is 13.1. The van der Waals surface area contributed by atoms with E-state index < -0.39 is 0 Å². The van der Waals surface area contributed by atoms with E-state index in [9.17, 15) is 9.18 Å². The predicted molar refractivity (Wildman–Crippen MR) is 104 cm³/mol. The Hall–Kier alpha value is -3.14. The molecular weight excluding hydrogens is 341 g/mol. The molecule has 0 fully saturated rings. The van der Waals surface area contributed by atoms with Crippen LogP contribution < -0.4 is 4.74 Å². The van der Waals surface area contributed by atoms with Crippen molar-refractivity contribution in [3.05, 3.63) is 101 Å². The average molecular weight is 363 g/mol. The van der Waals surface area contributed by atoms with Crippen molar-refractivity contribution in [3.8, 4) is 5.75 Å². The van der Waals surface area contributed by atoms with E-state index in [0.29, 0.717) is 12.2 Å². The lowest BCUT2D eigenvalue weighted by molar-refractivity contribution is 0.0742. The van der Waals surface area contributed by atoms with Crippen LogP contribution in [-0.4, -0.2) is 17.9 Å². The van der Waals surface area contributed by atoms with Crippen LogP contribution in [0.25, 0.3) is 0 Å². The van der Waals surface area contributed by atoms with Crippen LogP contribution in [0.5, 0.6) is 5.75 Å². The lowest BCUT2D eigenvalue weighted by Crippen LogP contribution is -2.29. The molecule has 1 atom stereocenters. The molecule has 1 unspecified atom stereocenters. The number of amides is 1. The second kappa shape index (κ2) is 8.49. The van der Waals surface area contributed by atoms with Gasteiger partial charge in [-0.1, -0.05) is 42.5 Å². The molecule has 0 aromatic heterocycles. The maximum Gasteiger partial charge on any atom is 0.254 e. The first-order valence-corrected chi connectivity index (χ1v) is 8.84. The molecule has 0 heterocycles. The van der Waals surface area contributed by atoms with Crippen LogP contribution in [0.3, 0.4) is 0 Å². The van der Waals surface area contributed by atoms with Gasteiger partial charge in [-0.05, 0) is 54.4 Å². The highest BCUT2D eigenvalue weighted by Gasteiger charge is 2.19. The van der Waals surface area contributed by atoms with Gasteiger partial charge in [0.2, 0.25) is 0 Å². The molecule has 0 radical (unpaired) electrons. The van der Waals surface area contributed by atoms with Crippen LogP contribution in [0.1, 0.15) is 34.5 Å². The maximum atomic E-state index is 13.1. The Bertz CT molecular complexity index is 877. The Morgan fingerprint density at radius 2 is 1.59 bits per heavy atom. The molecule has 0 bridgehead atoms. The molecule has 3 rings (SSSR count). The van der Waals surface area contributed by atoms with E-state index >= 15 is 0 Å². The van der Waals surface area contributed by atoms with Crippen LogP contribution in [-0.2, 0) is 6.61 Å². The Balaban J connectivity index is 1.63. The van der Waals surface area contributed by atoms with E-state index in [-0.39, 0.29) is 17.8 Å². The standard InChI is InChI=1S/C23H22FNO2/c1-17(19-12-14-21(24)15-13-19)25(2)23(26)20-10-8-18(9-11-20)16-27-22-6-4-3-5-7-22/h3-15,17H,16H2,1-2H3. The molecule has 0 aliphatic rings. The lowest BCUT2D eigenvalue weighted by atomic mass is 10.1. The highest BCUT2D eigenvalue weighted by molar-refractivity contribution is 5.94. The minimum atomic E-state index is -0.284. The van der Waals surface area contributed by atoms with Crippen molar-refractivity contribution < 1.29 is 13.9 Å². The smallest absolute Gasteiger partial charge is 0.254 e. The van der Waals surface area contributed by atoms with Crippen molar-refractivity contribution in [2.75, 3.05) is 7.05 Å². The van der Waals surface area contributed by atoms with Crippen molar-refractivity contribution in [3.63, 3.8) is 0 Å². The van der Waals surface area contributed by atoms with E-state index in [1.165, 1.54) is 12.1 Å². The Morgan fingerprint density at radius 1 is 0.963 bits per heavy atom. The van der Waals surface area contributed by atoms with Gasteiger partial charge in [0, 0.05) is 12.6 Å². The Labute approximate surface area is 159 Å². The highest BCUT2D eigenvalue weighted by Crippen LogP contribution is 2.21. The molecule has 0 saturated carbocycles. The topological polar surface area (TPSA) is 29.5 Å². The minimum Gasteiger partial charge on any atom is -0.489 e. The van der Waals surface area contributed by atoms with Crippen LogP contribution in [0.2, 0.25) is 0 Å². The lowest BCUT2D eigenvalue weighted by Gasteiger charge is -2.25. The van der Waals surface area contributed by atoms with Crippen molar-refractivity contribution >= 4 is 5.91 Å². The van der Waals surface area contributed by atoms with E-state index in [0.717, 1.165) is 16.9 Å². The molecule has 0 saturated heterocycles. The summed E-state index contributed by atoms with van der Waals surface area (Å²) < 4.78 is 18.8. The van der Waals surface area contributed by atoms with Gasteiger partial charge in [0.05, 0.1) is 6.04 Å². The summed E-state index contributed by atoms with van der Waals surface area (Å²) >= 11 is 0. The van der Waals surface area contributed by atoms with Gasteiger partial charge >= 0.3 is 0 Å². The number of halogens is 1. The van der Waals surface area contributed by atoms with Gasteiger partial charge in [-0.15, -0.1) is 0 Å². The van der Waals surface area contributed by atoms with Gasteiger partial charge < -0.3 is 9.64 Å². The summed E-state index contributed by atoms with van der Waals surface area (Å²) in [5.74, 6) is 0.445. The molecule has 3 aromatic carbocycles. The van der Waals surface area contributed by atoms with Crippen LogP contribution >= 0.6 is 0 Å². The van der Waals surface area contributed by atoms with Crippen molar-refractivity contribution in [1.29, 1.82) is 0 Å². The number of ether oxygens (including phenoxy) is 1. The van der Waals surface area contributed by atoms with E-state index in [1.807, 2.05) is 49.4 Å². The van der Waals surface area contributed by atoms with Crippen molar-refractivity contribution in [2.45, 2.75) is 19.6 Å². The number of para-hydroxylation sites is 1. The normalized spacial score (nSPS) is 11.7. The molecule has 0 N–H and O–H groups in total. The number of hydrogen-bond donors (Lipinski definition) is 0. The predicted octanol–water partition coefficient (Wildman–Crippen LogP) is 5.24.